The number of hydrogen-bond acceptors (Lipinski definition) is 4. The third kappa shape index (κ3) is 13.4. The van der Waals surface area contributed by atoms with Crippen LogP contribution in [0.3, 0.4) is 0 Å². The van der Waals surface area contributed by atoms with Crippen LogP contribution in [0, 0.1) is 0 Å². The van der Waals surface area contributed by atoms with Gasteiger partial charge in [0.05, 0.1) is 22.1 Å². The van der Waals surface area contributed by atoms with Gasteiger partial charge in [0.25, 0.3) is 0 Å². The number of nitrogens with zero attached hydrogens (tertiary/aromatic N) is 4. The molecule has 4 heterocycles. The summed E-state index contributed by atoms with van der Waals surface area (Å²) in [6.07, 6.45) is 0. The van der Waals surface area contributed by atoms with Crippen molar-refractivity contribution in [2.75, 3.05) is 9.80 Å². The van der Waals surface area contributed by atoms with Crippen molar-refractivity contribution in [1.29, 1.82) is 0 Å². The third-order valence-electron chi connectivity index (χ3n) is 28.3. The Morgan fingerprint density at radius 3 is 0.681 bits per heavy atom. The second-order valence-corrected chi connectivity index (χ2v) is 36.1. The molecule has 6 nitrogen and oxygen atoms in total. The van der Waals surface area contributed by atoms with Gasteiger partial charge in [-0.15, -0.1) is 0 Å². The predicted molar refractivity (Wildman–Crippen MR) is 583 cm³/mol. The number of anilines is 6. The number of benzene rings is 24. The molecule has 0 bridgehead atoms. The molecule has 4 aromatic heterocycles. The van der Waals surface area contributed by atoms with Crippen LogP contribution in [0.2, 0.25) is 0 Å². The molecule has 28 rings (SSSR count). The van der Waals surface area contributed by atoms with E-state index in [0.29, 0.717) is 0 Å². The molecule has 0 fully saturated rings. The summed E-state index contributed by atoms with van der Waals surface area (Å²) in [7, 11) is 0. The number of hydrogen-bond donors (Lipinski definition) is 0. The lowest BCUT2D eigenvalue weighted by atomic mass is 9.94. The smallest absolute Gasteiger partial charge is 0.143 e. The van der Waals surface area contributed by atoms with E-state index in [9.17, 15) is 0 Å². The van der Waals surface area contributed by atoms with Crippen molar-refractivity contribution < 1.29 is 8.83 Å². The minimum Gasteiger partial charge on any atom is -0.455 e. The molecule has 0 N–H and O–H groups in total. The highest BCUT2D eigenvalue weighted by Gasteiger charge is 2.25. The molecular formula is C132H84N4O2. The van der Waals surface area contributed by atoms with Crippen LogP contribution in [-0.4, -0.2) is 9.13 Å². The molecule has 644 valence electrons. The van der Waals surface area contributed by atoms with Gasteiger partial charge < -0.3 is 27.8 Å². The molecule has 0 spiro atoms. The van der Waals surface area contributed by atoms with E-state index in [2.05, 4.69) is 504 Å². The van der Waals surface area contributed by atoms with Gasteiger partial charge >= 0.3 is 0 Å². The number of furan rings is 2. The largest absolute Gasteiger partial charge is 0.455 e. The van der Waals surface area contributed by atoms with Crippen LogP contribution in [0.25, 0.3) is 230 Å². The van der Waals surface area contributed by atoms with Crippen LogP contribution in [0.4, 0.5) is 34.1 Å². The maximum Gasteiger partial charge on any atom is 0.143 e. The van der Waals surface area contributed by atoms with Gasteiger partial charge in [0.1, 0.15) is 22.3 Å². The fourth-order valence-corrected chi connectivity index (χ4v) is 21.8. The molecule has 0 amide bonds. The lowest BCUT2D eigenvalue weighted by Gasteiger charge is -2.26. The first-order valence-corrected chi connectivity index (χ1v) is 47.3. The molecule has 0 aliphatic rings. The lowest BCUT2D eigenvalue weighted by Crippen LogP contribution is -2.10. The Balaban J connectivity index is 0.000000139. The van der Waals surface area contributed by atoms with Crippen LogP contribution >= 0.6 is 0 Å². The molecule has 0 aliphatic heterocycles. The first kappa shape index (κ1) is 79.4. The van der Waals surface area contributed by atoms with Crippen LogP contribution in [0.5, 0.6) is 0 Å². The fourth-order valence-electron chi connectivity index (χ4n) is 21.8. The third-order valence-corrected chi connectivity index (χ3v) is 28.3. The Morgan fingerprint density at radius 2 is 0.370 bits per heavy atom. The Labute approximate surface area is 796 Å². The van der Waals surface area contributed by atoms with Crippen molar-refractivity contribution in [3.63, 3.8) is 0 Å². The highest BCUT2D eigenvalue weighted by Crippen LogP contribution is 2.49. The van der Waals surface area contributed by atoms with E-state index in [0.717, 1.165) is 123 Å². The summed E-state index contributed by atoms with van der Waals surface area (Å²) < 4.78 is 17.8. The molecule has 0 unspecified atom stereocenters. The summed E-state index contributed by atoms with van der Waals surface area (Å²) in [6, 6.07) is 185. The maximum atomic E-state index is 6.49. The van der Waals surface area contributed by atoms with E-state index in [-0.39, 0.29) is 0 Å². The highest BCUT2D eigenvalue weighted by molar-refractivity contribution is 6.28. The van der Waals surface area contributed by atoms with Gasteiger partial charge in [0, 0.05) is 99.7 Å². The van der Waals surface area contributed by atoms with Crippen molar-refractivity contribution in [3.05, 3.63) is 510 Å². The van der Waals surface area contributed by atoms with Gasteiger partial charge in [-0.1, -0.05) is 352 Å². The first-order valence-electron chi connectivity index (χ1n) is 47.3. The van der Waals surface area contributed by atoms with Crippen molar-refractivity contribution in [2.24, 2.45) is 0 Å². The van der Waals surface area contributed by atoms with Crippen molar-refractivity contribution in [2.45, 2.75) is 0 Å². The fraction of sp³-hybridized carbons (Fsp3) is 0. The molecule has 0 saturated heterocycles. The number of para-hydroxylation sites is 6. The topological polar surface area (TPSA) is 42.6 Å². The quantitative estimate of drug-likeness (QED) is 0.102. The van der Waals surface area contributed by atoms with E-state index >= 15 is 0 Å². The molecular weight excluding hydrogens is 1670 g/mol. The van der Waals surface area contributed by atoms with Crippen molar-refractivity contribution in [3.8, 4) is 78.1 Å². The number of aromatic nitrogens is 2. The number of fused-ring (bicyclic) bond motifs is 24. The first-order chi connectivity index (χ1) is 68.4. The maximum absolute atomic E-state index is 6.49. The normalized spacial score (nSPS) is 11.8. The van der Waals surface area contributed by atoms with Crippen LogP contribution < -0.4 is 9.80 Å². The van der Waals surface area contributed by atoms with E-state index in [1.165, 1.54) is 142 Å². The molecule has 28 aromatic rings. The summed E-state index contributed by atoms with van der Waals surface area (Å²) in [5.41, 5.74) is 31.0. The molecule has 24 aromatic carbocycles. The van der Waals surface area contributed by atoms with Gasteiger partial charge in [-0.25, -0.2) is 0 Å². The zero-order valence-corrected chi connectivity index (χ0v) is 75.1. The van der Waals surface area contributed by atoms with Gasteiger partial charge in [0.2, 0.25) is 0 Å². The van der Waals surface area contributed by atoms with Gasteiger partial charge in [-0.3, -0.25) is 0 Å². The lowest BCUT2D eigenvalue weighted by molar-refractivity contribution is 0.669. The molecule has 6 heteroatoms. The highest BCUT2D eigenvalue weighted by atomic mass is 16.3. The zero-order valence-electron chi connectivity index (χ0n) is 75.1. The Kier molecular flexibility index (Phi) is 18.9. The van der Waals surface area contributed by atoms with E-state index in [1.54, 1.807) is 0 Å². The van der Waals surface area contributed by atoms with Crippen LogP contribution in [0.15, 0.2) is 518 Å². The zero-order chi connectivity index (χ0) is 90.8. The van der Waals surface area contributed by atoms with Crippen molar-refractivity contribution in [1.82, 2.24) is 9.13 Å². The van der Waals surface area contributed by atoms with Gasteiger partial charge in [-0.2, -0.15) is 0 Å². The summed E-state index contributed by atoms with van der Waals surface area (Å²) in [5.74, 6) is 0. The van der Waals surface area contributed by atoms with E-state index in [4.69, 9.17) is 8.83 Å². The summed E-state index contributed by atoms with van der Waals surface area (Å²) in [4.78, 5) is 4.78. The Hall–Kier alpha value is -18.4. The van der Waals surface area contributed by atoms with Crippen LogP contribution in [0.1, 0.15) is 0 Å². The standard InChI is InChI=1S/2C66H42N2O/c2*1-3-14-43(15-4-1)46-30-38-63-61(40-46)62-41-47(31-39-64(62)68(63)48-16-5-2-6-17-48)44-26-32-49(33-27-44)67(51-36-37-57-55-20-8-7-18-53(55)54-19-9-10-21-56(54)60(57)42-51)50-34-28-45(29-35-50)52-23-13-24-59-58-22-11-12-25-65(58)69-66(52)59/h2*1-42H. The van der Waals surface area contributed by atoms with E-state index in [1.807, 2.05) is 24.3 Å². The Bertz CT molecular complexity index is 9050. The second-order valence-electron chi connectivity index (χ2n) is 36.1. The van der Waals surface area contributed by atoms with Crippen LogP contribution in [-0.2, 0) is 0 Å². The van der Waals surface area contributed by atoms with E-state index < -0.39 is 0 Å². The average molecular weight is 1760 g/mol. The average Bonchev–Trinajstić information content (AvgIpc) is 1.58. The monoisotopic (exact) mass is 1760 g/mol. The minimum absolute atomic E-state index is 0.902. The molecule has 138 heavy (non-hydrogen) atoms. The second kappa shape index (κ2) is 32.8. The summed E-state index contributed by atoms with van der Waals surface area (Å²) >= 11 is 0. The SMILES string of the molecule is c1ccc(-c2ccc3c(c2)c2cc(-c4ccc(N(c5ccc(-c6cccc7c6oc6ccccc67)cc5)c5ccc6c7ccccc7c7ccccc7c6c5)cc4)ccc2n3-c2ccccc2)cc1.c1ccc(-c2ccc3c(c2)c2cc(-c4ccc(N(c5ccc(-c6cccc7c6oc6ccccc67)cc5)c5ccc6c7ccccc7c7ccccc7c6c5)cc4)ccc2n3-c2ccccc2)cc1. The molecule has 0 aliphatic carbocycles. The number of rotatable bonds is 14. The summed E-state index contributed by atoms with van der Waals surface area (Å²) in [5, 5.41) is 24.5. The Morgan fingerprint density at radius 1 is 0.138 bits per heavy atom. The van der Waals surface area contributed by atoms with Gasteiger partial charge in [0.15, 0.2) is 0 Å². The molecule has 0 atom stereocenters. The molecule has 0 radical (unpaired) electrons. The predicted octanol–water partition coefficient (Wildman–Crippen LogP) is 37.2. The van der Waals surface area contributed by atoms with Crippen molar-refractivity contribution >= 4 is 186 Å². The van der Waals surface area contributed by atoms with Gasteiger partial charge in [-0.05, 0) is 278 Å². The summed E-state index contributed by atoms with van der Waals surface area (Å²) in [6.45, 7) is 0. The minimum atomic E-state index is 0.902. The molecule has 0 saturated carbocycles.